The Morgan fingerprint density at radius 3 is 2.18 bits per heavy atom. The number of nitrogens with zero attached hydrogens (tertiary/aromatic N) is 2. The minimum Gasteiger partial charge on any atom is -0.372 e. The Kier molecular flexibility index (Phi) is 6.79. The monoisotopic (exact) mass is 491 g/mol. The highest BCUT2D eigenvalue weighted by Gasteiger charge is 2.44. The molecule has 7 heteroatoms. The van der Waals surface area contributed by atoms with Gasteiger partial charge >= 0.3 is 0 Å². The molecule has 3 aromatic rings. The molecule has 2 unspecified atom stereocenters. The van der Waals surface area contributed by atoms with Crippen molar-refractivity contribution in [2.45, 2.75) is 35.4 Å². The van der Waals surface area contributed by atoms with E-state index in [1.54, 1.807) is 6.07 Å². The number of nitrogens with one attached hydrogen (secondary N) is 1. The number of carbonyl (C=O) groups is 2. The molecule has 0 radical (unpaired) electrons. The largest absolute Gasteiger partial charge is 0.372 e. The lowest BCUT2D eigenvalue weighted by Crippen LogP contribution is -2.40. The van der Waals surface area contributed by atoms with Crippen molar-refractivity contribution in [3.8, 4) is 0 Å². The molecule has 5 rings (SSSR count). The number of thioether (sulfide) groups is 1. The van der Waals surface area contributed by atoms with E-state index in [0.717, 1.165) is 24.2 Å². The number of rotatable bonds is 6. The van der Waals surface area contributed by atoms with Crippen LogP contribution in [0.2, 0.25) is 5.02 Å². The van der Waals surface area contributed by atoms with Gasteiger partial charge in [-0.3, -0.25) is 15.0 Å². The first kappa shape index (κ1) is 22.8. The molecule has 2 heterocycles. The summed E-state index contributed by atoms with van der Waals surface area (Å²) in [4.78, 5) is 29.5. The Morgan fingerprint density at radius 2 is 1.47 bits per heavy atom. The van der Waals surface area contributed by atoms with Crippen LogP contribution >= 0.6 is 23.4 Å². The maximum Gasteiger partial charge on any atom is 0.265 e. The van der Waals surface area contributed by atoms with Gasteiger partial charge in [-0.1, -0.05) is 66.2 Å². The molecule has 5 nitrogen and oxygen atoms in total. The van der Waals surface area contributed by atoms with Crippen LogP contribution < -0.4 is 10.3 Å². The maximum atomic E-state index is 13.5. The summed E-state index contributed by atoms with van der Waals surface area (Å²) in [7, 11) is 0. The molecule has 0 spiro atoms. The summed E-state index contributed by atoms with van der Waals surface area (Å²) in [6.45, 7) is 2.14. The molecule has 0 bridgehead atoms. The second kappa shape index (κ2) is 10.1. The van der Waals surface area contributed by atoms with Crippen LogP contribution in [0.5, 0.6) is 0 Å². The highest BCUT2D eigenvalue weighted by Crippen LogP contribution is 2.37. The van der Waals surface area contributed by atoms with Crippen molar-refractivity contribution in [3.05, 3.63) is 95.0 Å². The predicted octanol–water partition coefficient (Wildman–Crippen LogP) is 5.45. The highest BCUT2D eigenvalue weighted by atomic mass is 35.5. The molecule has 0 saturated carbocycles. The van der Waals surface area contributed by atoms with Gasteiger partial charge < -0.3 is 4.90 Å². The Morgan fingerprint density at radius 1 is 0.824 bits per heavy atom. The minimum absolute atomic E-state index is 0.274. The molecule has 2 fully saturated rings. The van der Waals surface area contributed by atoms with Crippen molar-refractivity contribution >= 4 is 40.9 Å². The lowest BCUT2D eigenvalue weighted by atomic mass is 9.97. The molecule has 174 valence electrons. The number of benzene rings is 3. The smallest absolute Gasteiger partial charge is 0.265 e. The van der Waals surface area contributed by atoms with E-state index in [9.17, 15) is 9.59 Å². The lowest BCUT2D eigenvalue weighted by Gasteiger charge is -2.31. The summed E-state index contributed by atoms with van der Waals surface area (Å²) in [5.74, 6) is -0.607. The van der Waals surface area contributed by atoms with Gasteiger partial charge in [0.2, 0.25) is 0 Å². The van der Waals surface area contributed by atoms with Gasteiger partial charge in [0.25, 0.3) is 11.8 Å². The highest BCUT2D eigenvalue weighted by molar-refractivity contribution is 8.01. The third-order valence-corrected chi connectivity index (χ3v) is 8.02. The van der Waals surface area contributed by atoms with E-state index >= 15 is 0 Å². The maximum absolute atomic E-state index is 13.5. The third kappa shape index (κ3) is 4.65. The van der Waals surface area contributed by atoms with E-state index in [4.69, 9.17) is 11.6 Å². The van der Waals surface area contributed by atoms with Crippen LogP contribution in [0, 0.1) is 0 Å². The van der Waals surface area contributed by atoms with Gasteiger partial charge in [-0.15, -0.1) is 11.8 Å². The first-order chi connectivity index (χ1) is 16.6. The van der Waals surface area contributed by atoms with Gasteiger partial charge in [0.1, 0.15) is 6.04 Å². The van der Waals surface area contributed by atoms with E-state index in [1.165, 1.54) is 41.7 Å². The van der Waals surface area contributed by atoms with Crippen LogP contribution in [0.3, 0.4) is 0 Å². The number of piperidine rings is 1. The van der Waals surface area contributed by atoms with Crippen LogP contribution in [0.25, 0.3) is 0 Å². The molecule has 0 aliphatic carbocycles. The van der Waals surface area contributed by atoms with Gasteiger partial charge in [0, 0.05) is 23.7 Å². The molecule has 2 amide bonds. The Balaban J connectivity index is 1.44. The van der Waals surface area contributed by atoms with Crippen molar-refractivity contribution in [3.63, 3.8) is 0 Å². The van der Waals surface area contributed by atoms with Gasteiger partial charge in [0.15, 0.2) is 5.25 Å². The van der Waals surface area contributed by atoms with E-state index in [1.807, 2.05) is 48.5 Å². The quantitative estimate of drug-likeness (QED) is 0.465. The van der Waals surface area contributed by atoms with Crippen LogP contribution in [-0.2, 0) is 9.59 Å². The molecule has 2 aliphatic heterocycles. The molecule has 34 heavy (non-hydrogen) atoms. The summed E-state index contributed by atoms with van der Waals surface area (Å²) in [5.41, 5.74) is 5.92. The molecule has 1 N–H and O–H groups in total. The molecular weight excluding hydrogens is 466 g/mol. The molecular formula is C27H26ClN3O2S. The van der Waals surface area contributed by atoms with Gasteiger partial charge in [0.05, 0.1) is 5.02 Å². The fourth-order valence-electron chi connectivity index (χ4n) is 4.58. The number of hydrogen-bond donors (Lipinski definition) is 1. The summed E-state index contributed by atoms with van der Waals surface area (Å²) >= 11 is 7.47. The van der Waals surface area contributed by atoms with E-state index in [0.29, 0.717) is 9.92 Å². The fraction of sp³-hybridized carbons (Fsp3) is 0.259. The molecule has 2 aliphatic rings. The van der Waals surface area contributed by atoms with E-state index < -0.39 is 11.3 Å². The van der Waals surface area contributed by atoms with Gasteiger partial charge in [-0.25, -0.2) is 5.01 Å². The van der Waals surface area contributed by atoms with E-state index in [2.05, 4.69) is 34.6 Å². The summed E-state index contributed by atoms with van der Waals surface area (Å²) in [6, 6.07) is 25.0. The number of halogens is 1. The number of hydrazine groups is 1. The lowest BCUT2D eigenvalue weighted by molar-refractivity contribution is -0.131. The van der Waals surface area contributed by atoms with Crippen LogP contribution in [0.1, 0.15) is 36.4 Å². The third-order valence-electron chi connectivity index (χ3n) is 6.32. The zero-order valence-corrected chi connectivity index (χ0v) is 20.3. The van der Waals surface area contributed by atoms with Crippen LogP contribution in [-0.4, -0.2) is 35.2 Å². The van der Waals surface area contributed by atoms with E-state index in [-0.39, 0.29) is 11.8 Å². The summed E-state index contributed by atoms with van der Waals surface area (Å²) in [6.07, 6.45) is 3.72. The Labute approximate surface area is 209 Å². The van der Waals surface area contributed by atoms with Crippen molar-refractivity contribution in [1.29, 1.82) is 0 Å². The Bertz CT molecular complexity index is 1170. The van der Waals surface area contributed by atoms with Gasteiger partial charge in [-0.2, -0.15) is 0 Å². The normalized spacial score (nSPS) is 19.3. The fourth-order valence-corrected chi connectivity index (χ4v) is 5.81. The molecule has 0 aromatic heterocycles. The van der Waals surface area contributed by atoms with Crippen molar-refractivity contribution in [1.82, 2.24) is 10.4 Å². The van der Waals surface area contributed by atoms with Gasteiger partial charge in [-0.05, 0) is 54.7 Å². The number of carbonyl (C=O) groups excluding carboxylic acids is 2. The number of anilines is 1. The minimum atomic E-state index is -0.890. The van der Waals surface area contributed by atoms with Crippen LogP contribution in [0.4, 0.5) is 5.69 Å². The summed E-state index contributed by atoms with van der Waals surface area (Å²) < 4.78 is 0. The summed E-state index contributed by atoms with van der Waals surface area (Å²) in [5, 5.41) is 1.11. The second-order valence-corrected chi connectivity index (χ2v) is 10.1. The SMILES string of the molecule is O=C1NN(C(c2ccccc2)c2ccc(N3CCCCC3)cc2)C(=O)C1Sc1ccccc1Cl. The molecule has 3 aromatic carbocycles. The molecule has 2 atom stereocenters. The average molecular weight is 492 g/mol. The first-order valence-corrected chi connectivity index (χ1v) is 12.8. The number of amides is 2. The Hall–Kier alpha value is -2.96. The molecule has 2 saturated heterocycles. The second-order valence-electron chi connectivity index (χ2n) is 8.57. The number of hydrogen-bond acceptors (Lipinski definition) is 4. The predicted molar refractivity (Wildman–Crippen MR) is 137 cm³/mol. The zero-order chi connectivity index (χ0) is 23.5. The first-order valence-electron chi connectivity index (χ1n) is 11.6. The topological polar surface area (TPSA) is 52.7 Å². The van der Waals surface area contributed by atoms with Crippen molar-refractivity contribution in [2.24, 2.45) is 0 Å². The average Bonchev–Trinajstić information content (AvgIpc) is 3.15. The zero-order valence-electron chi connectivity index (χ0n) is 18.7. The van der Waals surface area contributed by atoms with Crippen LogP contribution in [0.15, 0.2) is 83.8 Å². The van der Waals surface area contributed by atoms with Crippen molar-refractivity contribution < 1.29 is 9.59 Å². The van der Waals surface area contributed by atoms with Crippen molar-refractivity contribution in [2.75, 3.05) is 18.0 Å². The standard InChI is InChI=1S/C27H26ClN3O2S/c28-22-11-5-6-12-23(22)34-25-26(32)29-31(27(25)33)24(19-9-3-1-4-10-19)20-13-15-21(16-14-20)30-17-7-2-8-18-30/h1,3-6,9-16,24-25H,2,7-8,17-18H2,(H,29,32).